The third-order valence-corrected chi connectivity index (χ3v) is 4.52. The number of benzene rings is 1. The van der Waals surface area contributed by atoms with Crippen molar-refractivity contribution in [2.24, 2.45) is 0 Å². The first kappa shape index (κ1) is 16.3. The summed E-state index contributed by atoms with van der Waals surface area (Å²) in [5.41, 5.74) is 0.331. The van der Waals surface area contributed by atoms with Crippen molar-refractivity contribution in [3.63, 3.8) is 0 Å². The fourth-order valence-electron chi connectivity index (χ4n) is 2.82. The Kier molecular flexibility index (Phi) is 5.61. The first-order valence-corrected chi connectivity index (χ1v) is 8.36. The van der Waals surface area contributed by atoms with Gasteiger partial charge in [-0.25, -0.2) is 0 Å². The summed E-state index contributed by atoms with van der Waals surface area (Å²) in [7, 11) is 0. The third kappa shape index (κ3) is 4.18. The number of aromatic hydroxyl groups is 1. The highest BCUT2D eigenvalue weighted by Crippen LogP contribution is 2.26. The molecule has 1 aromatic rings. The van der Waals surface area contributed by atoms with Gasteiger partial charge in [-0.1, -0.05) is 12.8 Å². The van der Waals surface area contributed by atoms with E-state index in [2.05, 4.69) is 22.6 Å². The van der Waals surface area contributed by atoms with Crippen molar-refractivity contribution in [3.8, 4) is 5.75 Å². The van der Waals surface area contributed by atoms with Crippen LogP contribution in [0.25, 0.3) is 0 Å². The molecule has 114 valence electrons. The second-order valence-electron chi connectivity index (χ2n) is 5.57. The molecule has 5 heteroatoms. The molecule has 0 spiro atoms. The van der Waals surface area contributed by atoms with E-state index in [1.165, 1.54) is 0 Å². The lowest BCUT2D eigenvalue weighted by Gasteiger charge is -2.30. The van der Waals surface area contributed by atoms with Crippen molar-refractivity contribution in [1.82, 2.24) is 4.90 Å². The normalized spacial score (nSPS) is 19.1. The number of phenolic OH excluding ortho intramolecular Hbond substituents is 1. The van der Waals surface area contributed by atoms with Crippen LogP contribution >= 0.6 is 22.6 Å². The fraction of sp³-hybridized carbons (Fsp3) is 0.500. The van der Waals surface area contributed by atoms with Gasteiger partial charge in [0.2, 0.25) is 0 Å². The predicted molar refractivity (Wildman–Crippen MR) is 89.4 cm³/mol. The molecule has 21 heavy (non-hydrogen) atoms. The van der Waals surface area contributed by atoms with Gasteiger partial charge in [-0.2, -0.15) is 0 Å². The molecule has 1 fully saturated rings. The van der Waals surface area contributed by atoms with Gasteiger partial charge >= 0.3 is 0 Å². The van der Waals surface area contributed by atoms with Crippen molar-refractivity contribution in [3.05, 3.63) is 27.3 Å². The number of ketones is 1. The van der Waals surface area contributed by atoms with E-state index in [4.69, 9.17) is 0 Å². The van der Waals surface area contributed by atoms with E-state index in [9.17, 15) is 14.7 Å². The van der Waals surface area contributed by atoms with Crippen molar-refractivity contribution >= 4 is 34.3 Å². The maximum Gasteiger partial charge on any atom is 0.257 e. The van der Waals surface area contributed by atoms with Crippen molar-refractivity contribution in [1.29, 1.82) is 0 Å². The molecule has 0 saturated carbocycles. The van der Waals surface area contributed by atoms with Gasteiger partial charge in [-0.05, 0) is 60.6 Å². The Morgan fingerprint density at radius 1 is 1.33 bits per heavy atom. The monoisotopic (exact) mass is 401 g/mol. The molecule has 0 bridgehead atoms. The van der Waals surface area contributed by atoms with Gasteiger partial charge in [0, 0.05) is 22.6 Å². The Balaban J connectivity index is 2.28. The molecule has 1 aliphatic rings. The van der Waals surface area contributed by atoms with Gasteiger partial charge in [0.05, 0.1) is 5.56 Å². The molecule has 1 aromatic carbocycles. The highest BCUT2D eigenvalue weighted by molar-refractivity contribution is 14.1. The van der Waals surface area contributed by atoms with Crippen molar-refractivity contribution in [2.45, 2.75) is 45.1 Å². The summed E-state index contributed by atoms with van der Waals surface area (Å²) in [5, 5.41) is 9.96. The van der Waals surface area contributed by atoms with Gasteiger partial charge in [0.25, 0.3) is 5.91 Å². The van der Waals surface area contributed by atoms with Crippen molar-refractivity contribution < 1.29 is 14.7 Å². The van der Waals surface area contributed by atoms with Gasteiger partial charge in [0.15, 0.2) is 0 Å². The third-order valence-electron chi connectivity index (χ3n) is 3.85. The first-order chi connectivity index (χ1) is 9.99. The molecule has 1 N–H and O–H groups in total. The molecule has 1 saturated heterocycles. The lowest BCUT2D eigenvalue weighted by atomic mass is 10.0. The van der Waals surface area contributed by atoms with Crippen LogP contribution in [0.15, 0.2) is 18.2 Å². The number of likely N-dealkylation sites (tertiary alicyclic amines) is 1. The van der Waals surface area contributed by atoms with E-state index in [1.54, 1.807) is 30.0 Å². The molecule has 0 aromatic heterocycles. The van der Waals surface area contributed by atoms with Crippen LogP contribution in [-0.2, 0) is 4.79 Å². The van der Waals surface area contributed by atoms with E-state index in [-0.39, 0.29) is 23.5 Å². The number of carbonyl (C=O) groups is 2. The van der Waals surface area contributed by atoms with Crippen LogP contribution in [0.4, 0.5) is 0 Å². The van der Waals surface area contributed by atoms with Crippen molar-refractivity contribution in [2.75, 3.05) is 6.54 Å². The number of phenols is 1. The maximum atomic E-state index is 12.8. The molecule has 4 nitrogen and oxygen atoms in total. The molecule has 2 rings (SSSR count). The number of hydrogen-bond acceptors (Lipinski definition) is 3. The van der Waals surface area contributed by atoms with Gasteiger partial charge in [-0.3, -0.25) is 9.59 Å². The number of halogens is 1. The number of carbonyl (C=O) groups excluding carboxylic acids is 2. The second kappa shape index (κ2) is 7.24. The SMILES string of the molecule is CC(=O)CC1CCCCCN1C(=O)c1cc(I)ccc1O. The van der Waals surface area contributed by atoms with Crippen LogP contribution in [-0.4, -0.2) is 34.3 Å². The Labute approximate surface area is 138 Å². The van der Waals surface area contributed by atoms with E-state index < -0.39 is 0 Å². The highest BCUT2D eigenvalue weighted by Gasteiger charge is 2.28. The molecule has 1 aliphatic heterocycles. The number of hydrogen-bond donors (Lipinski definition) is 1. The Morgan fingerprint density at radius 2 is 2.10 bits per heavy atom. The average molecular weight is 401 g/mol. The zero-order valence-corrected chi connectivity index (χ0v) is 14.3. The average Bonchev–Trinajstić information content (AvgIpc) is 2.65. The summed E-state index contributed by atoms with van der Waals surface area (Å²) in [6.45, 7) is 2.22. The topological polar surface area (TPSA) is 57.6 Å². The minimum absolute atomic E-state index is 0.00578. The number of rotatable bonds is 3. The van der Waals surface area contributed by atoms with Crippen LogP contribution in [0, 0.1) is 3.57 Å². The molecular weight excluding hydrogens is 381 g/mol. The van der Waals surface area contributed by atoms with Crippen LogP contribution < -0.4 is 0 Å². The number of amides is 1. The quantitative estimate of drug-likeness (QED) is 0.791. The van der Waals surface area contributed by atoms with Crippen LogP contribution in [0.1, 0.15) is 49.4 Å². The minimum atomic E-state index is -0.167. The zero-order valence-electron chi connectivity index (χ0n) is 12.1. The predicted octanol–water partition coefficient (Wildman–Crippen LogP) is 3.36. The Morgan fingerprint density at radius 3 is 2.81 bits per heavy atom. The van der Waals surface area contributed by atoms with E-state index in [0.717, 1.165) is 29.3 Å². The number of nitrogens with zero attached hydrogens (tertiary/aromatic N) is 1. The van der Waals surface area contributed by atoms with E-state index in [0.29, 0.717) is 18.5 Å². The number of Topliss-reactive ketones (excluding diaryl/α,β-unsaturated/α-hetero) is 1. The smallest absolute Gasteiger partial charge is 0.257 e. The lowest BCUT2D eigenvalue weighted by Crippen LogP contribution is -2.41. The van der Waals surface area contributed by atoms with E-state index in [1.807, 2.05) is 0 Å². The second-order valence-corrected chi connectivity index (χ2v) is 6.81. The zero-order chi connectivity index (χ0) is 15.4. The fourth-order valence-corrected chi connectivity index (χ4v) is 3.31. The van der Waals surface area contributed by atoms with Gasteiger partial charge in [-0.15, -0.1) is 0 Å². The summed E-state index contributed by atoms with van der Waals surface area (Å²) < 4.78 is 0.909. The molecular formula is C16H20INO3. The summed E-state index contributed by atoms with van der Waals surface area (Å²) in [6, 6.07) is 4.97. The highest BCUT2D eigenvalue weighted by atomic mass is 127. The lowest BCUT2D eigenvalue weighted by molar-refractivity contribution is -0.118. The summed E-state index contributed by atoms with van der Waals surface area (Å²) in [6.07, 6.45) is 4.33. The molecule has 1 atom stereocenters. The molecule has 1 unspecified atom stereocenters. The standard InChI is InChI=1S/C16H20INO3/c1-11(19)9-13-5-3-2-4-8-18(13)16(21)14-10-12(17)6-7-15(14)20/h6-7,10,13,20H,2-5,8-9H2,1H3. The maximum absolute atomic E-state index is 12.8. The largest absolute Gasteiger partial charge is 0.507 e. The summed E-state index contributed by atoms with van der Waals surface area (Å²) >= 11 is 2.12. The minimum Gasteiger partial charge on any atom is -0.507 e. The van der Waals surface area contributed by atoms with E-state index >= 15 is 0 Å². The summed E-state index contributed by atoms with van der Waals surface area (Å²) in [5.74, 6) is -0.0584. The Bertz CT molecular complexity index is 544. The van der Waals surface area contributed by atoms with Gasteiger partial charge in [0.1, 0.15) is 11.5 Å². The molecule has 0 radical (unpaired) electrons. The molecule has 0 aliphatic carbocycles. The van der Waals surface area contributed by atoms with Crippen LogP contribution in [0.3, 0.4) is 0 Å². The molecule has 1 heterocycles. The summed E-state index contributed by atoms with van der Waals surface area (Å²) in [4.78, 5) is 26.0. The van der Waals surface area contributed by atoms with Gasteiger partial charge < -0.3 is 10.0 Å². The molecule has 1 amide bonds. The Hall–Kier alpha value is -1.11. The van der Waals surface area contributed by atoms with Crippen LogP contribution in [0.2, 0.25) is 0 Å². The first-order valence-electron chi connectivity index (χ1n) is 7.28. The van der Waals surface area contributed by atoms with Crippen LogP contribution in [0.5, 0.6) is 5.75 Å².